The molecule has 1 aliphatic heterocycles. The maximum Gasteiger partial charge on any atom is 0.256 e. The molecule has 0 aliphatic carbocycles. The Hall–Kier alpha value is -1.76. The first-order valence-electron chi connectivity index (χ1n) is 7.19. The van der Waals surface area contributed by atoms with Gasteiger partial charge >= 0.3 is 0 Å². The fraction of sp³-hybridized carbons (Fsp3) is 0.571. The Morgan fingerprint density at radius 3 is 2.76 bits per heavy atom. The van der Waals surface area contributed by atoms with Gasteiger partial charge in [0.2, 0.25) is 5.13 Å². The van der Waals surface area contributed by atoms with Crippen molar-refractivity contribution < 1.29 is 0 Å². The standard InChI is InChI=1S/C14H19N5OS/c1-10-11(2)15-8-19(13(10)20)7-12-3-5-18(6-4-12)14-17-16-9-21-14/h8-9,12H,3-7H2,1-2H3. The van der Waals surface area contributed by atoms with Crippen molar-refractivity contribution in [2.24, 2.45) is 5.92 Å². The Labute approximate surface area is 127 Å². The summed E-state index contributed by atoms with van der Waals surface area (Å²) in [5.41, 5.74) is 3.43. The first-order valence-corrected chi connectivity index (χ1v) is 8.07. The van der Waals surface area contributed by atoms with E-state index in [4.69, 9.17) is 0 Å². The maximum atomic E-state index is 12.2. The van der Waals surface area contributed by atoms with E-state index in [1.807, 2.05) is 13.8 Å². The van der Waals surface area contributed by atoms with Crippen LogP contribution in [0.5, 0.6) is 0 Å². The predicted octanol–water partition coefficient (Wildman–Crippen LogP) is 1.63. The van der Waals surface area contributed by atoms with Gasteiger partial charge in [0.15, 0.2) is 0 Å². The van der Waals surface area contributed by atoms with Crippen molar-refractivity contribution in [1.82, 2.24) is 19.7 Å². The monoisotopic (exact) mass is 305 g/mol. The molecule has 1 saturated heterocycles. The third-order valence-corrected chi connectivity index (χ3v) is 4.95. The Kier molecular flexibility index (Phi) is 4.01. The number of hydrogen-bond acceptors (Lipinski definition) is 6. The van der Waals surface area contributed by atoms with Crippen LogP contribution < -0.4 is 10.5 Å². The van der Waals surface area contributed by atoms with Crippen LogP contribution in [-0.2, 0) is 6.54 Å². The molecule has 2 aromatic rings. The Morgan fingerprint density at radius 2 is 2.10 bits per heavy atom. The van der Waals surface area contributed by atoms with Crippen LogP contribution in [0.2, 0.25) is 0 Å². The molecule has 0 aromatic carbocycles. The van der Waals surface area contributed by atoms with E-state index in [0.29, 0.717) is 5.92 Å². The molecule has 1 fully saturated rings. The smallest absolute Gasteiger partial charge is 0.256 e. The molecule has 0 radical (unpaired) electrons. The van der Waals surface area contributed by atoms with Gasteiger partial charge in [0.25, 0.3) is 5.56 Å². The summed E-state index contributed by atoms with van der Waals surface area (Å²) in [6.45, 7) is 6.44. The molecular weight excluding hydrogens is 286 g/mol. The quantitative estimate of drug-likeness (QED) is 0.862. The Balaban J connectivity index is 1.63. The number of rotatable bonds is 3. The van der Waals surface area contributed by atoms with Gasteiger partial charge in [-0.15, -0.1) is 10.2 Å². The molecule has 0 N–H and O–H groups in total. The summed E-state index contributed by atoms with van der Waals surface area (Å²) in [6, 6.07) is 0. The second-order valence-corrected chi connectivity index (χ2v) is 6.38. The van der Waals surface area contributed by atoms with Crippen LogP contribution in [0.3, 0.4) is 0 Å². The minimum absolute atomic E-state index is 0.0917. The number of piperidine rings is 1. The Morgan fingerprint density at radius 1 is 1.33 bits per heavy atom. The number of nitrogens with zero attached hydrogens (tertiary/aromatic N) is 5. The molecule has 0 bridgehead atoms. The molecule has 2 aromatic heterocycles. The molecule has 112 valence electrons. The lowest BCUT2D eigenvalue weighted by molar-refractivity contribution is 0.350. The molecule has 7 heteroatoms. The van der Waals surface area contributed by atoms with E-state index in [1.54, 1.807) is 27.7 Å². The molecule has 3 heterocycles. The zero-order valence-corrected chi connectivity index (χ0v) is 13.1. The lowest BCUT2D eigenvalue weighted by Gasteiger charge is -2.31. The summed E-state index contributed by atoms with van der Waals surface area (Å²) >= 11 is 1.58. The van der Waals surface area contributed by atoms with Crippen molar-refractivity contribution >= 4 is 16.5 Å². The van der Waals surface area contributed by atoms with Gasteiger partial charge in [-0.25, -0.2) is 4.98 Å². The second kappa shape index (κ2) is 5.93. The van der Waals surface area contributed by atoms with Gasteiger partial charge in [-0.1, -0.05) is 11.3 Å². The molecule has 0 spiro atoms. The van der Waals surface area contributed by atoms with Crippen LogP contribution in [0, 0.1) is 19.8 Å². The van der Waals surface area contributed by atoms with Gasteiger partial charge in [0.1, 0.15) is 5.51 Å². The highest BCUT2D eigenvalue weighted by molar-refractivity contribution is 7.13. The van der Waals surface area contributed by atoms with Crippen LogP contribution in [-0.4, -0.2) is 32.8 Å². The lowest BCUT2D eigenvalue weighted by Crippen LogP contribution is -2.36. The number of anilines is 1. The summed E-state index contributed by atoms with van der Waals surface area (Å²) in [4.78, 5) is 18.8. The largest absolute Gasteiger partial charge is 0.347 e. The molecular formula is C14H19N5OS. The van der Waals surface area contributed by atoms with Gasteiger partial charge in [-0.3, -0.25) is 9.36 Å². The van der Waals surface area contributed by atoms with Crippen molar-refractivity contribution in [1.29, 1.82) is 0 Å². The number of hydrogen-bond donors (Lipinski definition) is 0. The van der Waals surface area contributed by atoms with Crippen molar-refractivity contribution in [2.75, 3.05) is 18.0 Å². The highest BCUT2D eigenvalue weighted by atomic mass is 32.1. The minimum Gasteiger partial charge on any atom is -0.347 e. The van der Waals surface area contributed by atoms with E-state index in [1.165, 1.54) is 0 Å². The lowest BCUT2D eigenvalue weighted by atomic mass is 9.97. The van der Waals surface area contributed by atoms with Gasteiger partial charge in [-0.05, 0) is 32.6 Å². The van der Waals surface area contributed by atoms with E-state index in [-0.39, 0.29) is 5.56 Å². The number of aromatic nitrogens is 4. The highest BCUT2D eigenvalue weighted by Gasteiger charge is 2.21. The van der Waals surface area contributed by atoms with Crippen molar-refractivity contribution in [3.8, 4) is 0 Å². The summed E-state index contributed by atoms with van der Waals surface area (Å²) in [5.74, 6) is 0.524. The third-order valence-electron chi connectivity index (χ3n) is 4.20. The van der Waals surface area contributed by atoms with E-state index in [2.05, 4.69) is 20.1 Å². The molecule has 0 amide bonds. The average Bonchev–Trinajstić information content (AvgIpc) is 3.03. The highest BCUT2D eigenvalue weighted by Crippen LogP contribution is 2.24. The fourth-order valence-corrected chi connectivity index (χ4v) is 3.31. The van der Waals surface area contributed by atoms with Gasteiger partial charge in [0.05, 0.1) is 6.33 Å². The van der Waals surface area contributed by atoms with Crippen LogP contribution in [0.1, 0.15) is 24.1 Å². The minimum atomic E-state index is 0.0917. The van der Waals surface area contributed by atoms with Crippen LogP contribution in [0.25, 0.3) is 0 Å². The zero-order chi connectivity index (χ0) is 14.8. The predicted molar refractivity (Wildman–Crippen MR) is 82.8 cm³/mol. The van der Waals surface area contributed by atoms with Crippen molar-refractivity contribution in [3.63, 3.8) is 0 Å². The molecule has 3 rings (SSSR count). The molecule has 0 unspecified atom stereocenters. The number of aryl methyl sites for hydroxylation is 1. The molecule has 6 nitrogen and oxygen atoms in total. The van der Waals surface area contributed by atoms with E-state index in [9.17, 15) is 4.79 Å². The van der Waals surface area contributed by atoms with Gasteiger partial charge < -0.3 is 4.90 Å². The molecule has 1 aliphatic rings. The zero-order valence-electron chi connectivity index (χ0n) is 12.3. The van der Waals surface area contributed by atoms with Crippen LogP contribution >= 0.6 is 11.3 Å². The second-order valence-electron chi connectivity index (χ2n) is 5.56. The van der Waals surface area contributed by atoms with Crippen LogP contribution in [0.4, 0.5) is 5.13 Å². The topological polar surface area (TPSA) is 63.9 Å². The van der Waals surface area contributed by atoms with Gasteiger partial charge in [-0.2, -0.15) is 0 Å². The molecule has 0 saturated carbocycles. The van der Waals surface area contributed by atoms with Crippen molar-refractivity contribution in [2.45, 2.75) is 33.2 Å². The third kappa shape index (κ3) is 2.97. The van der Waals surface area contributed by atoms with E-state index in [0.717, 1.165) is 48.9 Å². The first kappa shape index (κ1) is 14.2. The van der Waals surface area contributed by atoms with Crippen LogP contribution in [0.15, 0.2) is 16.6 Å². The Bertz CT molecular complexity index is 658. The van der Waals surface area contributed by atoms with Crippen molar-refractivity contribution in [3.05, 3.63) is 33.4 Å². The summed E-state index contributed by atoms with van der Waals surface area (Å²) in [5, 5.41) is 9.00. The van der Waals surface area contributed by atoms with Gasteiger partial charge in [0, 0.05) is 30.9 Å². The summed E-state index contributed by atoms with van der Waals surface area (Å²) in [7, 11) is 0. The summed E-state index contributed by atoms with van der Waals surface area (Å²) in [6.07, 6.45) is 3.82. The first-order chi connectivity index (χ1) is 10.1. The van der Waals surface area contributed by atoms with E-state index >= 15 is 0 Å². The molecule has 0 atom stereocenters. The fourth-order valence-electron chi connectivity index (χ4n) is 2.70. The van der Waals surface area contributed by atoms with E-state index < -0.39 is 0 Å². The SMILES string of the molecule is Cc1ncn(CC2CCN(c3nncs3)CC2)c(=O)c1C. The normalized spacial score (nSPS) is 16.4. The molecule has 21 heavy (non-hydrogen) atoms. The summed E-state index contributed by atoms with van der Waals surface area (Å²) < 4.78 is 1.76. The average molecular weight is 305 g/mol. The maximum absolute atomic E-state index is 12.2.